The number of alkyl carbamates (subject to hydrolysis) is 1. The highest BCUT2D eigenvalue weighted by Crippen LogP contribution is 2.50. The van der Waals surface area contributed by atoms with Crippen LogP contribution in [0.2, 0.25) is 0 Å². The van der Waals surface area contributed by atoms with Gasteiger partial charge >= 0.3 is 6.09 Å². The fourth-order valence-electron chi connectivity index (χ4n) is 8.08. The van der Waals surface area contributed by atoms with Gasteiger partial charge in [0.05, 0.1) is 29.6 Å². The van der Waals surface area contributed by atoms with Gasteiger partial charge in [-0.25, -0.2) is 18.2 Å². The van der Waals surface area contributed by atoms with E-state index in [9.17, 15) is 27.6 Å². The third kappa shape index (κ3) is 9.40. The number of rotatable bonds is 14. The fourth-order valence-corrected chi connectivity index (χ4v) is 9.91. The van der Waals surface area contributed by atoms with E-state index in [0.717, 1.165) is 5.56 Å². The smallest absolute Gasteiger partial charge is 0.408 e. The van der Waals surface area contributed by atoms with E-state index in [-0.39, 0.29) is 25.3 Å². The molecular formula is C45H59N5O9S. The highest BCUT2D eigenvalue weighted by molar-refractivity contribution is 7.91. The number of amides is 4. The van der Waals surface area contributed by atoms with Crippen LogP contribution in [0.15, 0.2) is 67.3 Å². The summed E-state index contributed by atoms with van der Waals surface area (Å²) in [6, 6.07) is 14.5. The molecule has 60 heavy (non-hydrogen) atoms. The maximum atomic E-state index is 14.8. The zero-order chi connectivity index (χ0) is 44.0. The van der Waals surface area contributed by atoms with E-state index in [0.29, 0.717) is 47.4 Å². The highest BCUT2D eigenvalue weighted by atomic mass is 32.2. The predicted octanol–water partition coefficient (Wildman–Crippen LogP) is 6.28. The Kier molecular flexibility index (Phi) is 12.1. The molecular weight excluding hydrogens is 787 g/mol. The minimum Gasteiger partial charge on any atom is -0.497 e. The second-order valence-corrected chi connectivity index (χ2v) is 21.0. The molecule has 0 radical (unpaired) electrons. The molecule has 0 unspecified atom stereocenters. The van der Waals surface area contributed by atoms with Crippen LogP contribution in [0.1, 0.15) is 87.5 Å². The number of nitrogens with zero attached hydrogens (tertiary/aromatic N) is 2. The van der Waals surface area contributed by atoms with Crippen LogP contribution >= 0.6 is 0 Å². The molecule has 6 rings (SSSR count). The van der Waals surface area contributed by atoms with Crippen molar-refractivity contribution in [1.29, 1.82) is 0 Å². The molecule has 3 aromatic rings. The predicted molar refractivity (Wildman–Crippen MR) is 229 cm³/mol. The van der Waals surface area contributed by atoms with Gasteiger partial charge in [-0.1, -0.05) is 71.0 Å². The summed E-state index contributed by atoms with van der Waals surface area (Å²) in [5, 5.41) is 6.28. The van der Waals surface area contributed by atoms with Gasteiger partial charge in [0.2, 0.25) is 21.8 Å². The fraction of sp³-hybridized carbons (Fsp3) is 0.533. The first-order valence-corrected chi connectivity index (χ1v) is 22.0. The van der Waals surface area contributed by atoms with Crippen LogP contribution in [0.3, 0.4) is 0 Å². The minimum atomic E-state index is -4.07. The third-order valence-electron chi connectivity index (χ3n) is 11.4. The highest BCUT2D eigenvalue weighted by Gasteiger charge is 2.63. The second kappa shape index (κ2) is 16.4. The van der Waals surface area contributed by atoms with Crippen molar-refractivity contribution in [3.05, 3.63) is 67.3 Å². The van der Waals surface area contributed by atoms with Gasteiger partial charge in [0.1, 0.15) is 40.8 Å². The average molecular weight is 846 g/mol. The summed E-state index contributed by atoms with van der Waals surface area (Å²) < 4.78 is 46.3. The van der Waals surface area contributed by atoms with Gasteiger partial charge in [-0.15, -0.1) is 6.58 Å². The normalized spacial score (nSPS) is 22.7. The maximum Gasteiger partial charge on any atom is 0.408 e. The molecule has 1 saturated heterocycles. The van der Waals surface area contributed by atoms with Crippen molar-refractivity contribution in [2.75, 3.05) is 13.7 Å². The number of methoxy groups -OCH3 is 1. The van der Waals surface area contributed by atoms with E-state index in [1.54, 1.807) is 60.8 Å². The molecule has 14 nitrogen and oxygen atoms in total. The molecule has 1 aliphatic heterocycles. The van der Waals surface area contributed by atoms with Gasteiger partial charge in [-0.2, -0.15) is 0 Å². The minimum absolute atomic E-state index is 0.00771. The van der Waals surface area contributed by atoms with Crippen molar-refractivity contribution in [2.45, 2.75) is 122 Å². The van der Waals surface area contributed by atoms with Gasteiger partial charge in [-0.05, 0) is 69.9 Å². The van der Waals surface area contributed by atoms with Gasteiger partial charge in [-0.3, -0.25) is 19.1 Å². The zero-order valence-electron chi connectivity index (χ0n) is 36.1. The van der Waals surface area contributed by atoms with Crippen LogP contribution in [0, 0.1) is 17.3 Å². The summed E-state index contributed by atoms with van der Waals surface area (Å²) in [4.78, 5) is 62.8. The first-order valence-electron chi connectivity index (χ1n) is 20.5. The van der Waals surface area contributed by atoms with Gasteiger partial charge < -0.3 is 29.7 Å². The maximum absolute atomic E-state index is 14.8. The first-order chi connectivity index (χ1) is 28.0. The summed E-state index contributed by atoms with van der Waals surface area (Å²) in [7, 11) is -2.50. The molecule has 4 amide bonds. The standard InChI is InChI=1S/C45H59N5O9S/c1-11-29-25-45(29,40(53)49-60(55,56)44(19-20-44)24-27(2)3)48-38(51)35-22-31(26-50(35)39(52)37(42(4,5)6)47-41(54)59-43(7,8)9)58-36-23-33(28-15-13-12-14-16-28)46-34-21-30(57-10)17-18-32(34)36/h11-18,21,23,27,29,31,35,37H,1,19-20,22,24-26H2,2-10H3,(H,47,54)(H,48,51)(H,49,53)/t29-,31-,35+,37-,45-/m1/s1. The van der Waals surface area contributed by atoms with Crippen molar-refractivity contribution >= 4 is 44.7 Å². The van der Waals surface area contributed by atoms with E-state index in [1.807, 2.05) is 56.3 Å². The Morgan fingerprint density at radius 3 is 2.27 bits per heavy atom. The summed E-state index contributed by atoms with van der Waals surface area (Å²) in [5.74, 6) is -1.47. The Bertz CT molecular complexity index is 2260. The van der Waals surface area contributed by atoms with E-state index in [1.165, 1.54) is 11.0 Å². The zero-order valence-corrected chi connectivity index (χ0v) is 36.9. The number of ether oxygens (including phenoxy) is 3. The Balaban J connectivity index is 1.34. The van der Waals surface area contributed by atoms with Crippen molar-refractivity contribution in [3.63, 3.8) is 0 Å². The number of carbonyl (C=O) groups is 4. The SMILES string of the molecule is C=C[C@@H]1C[C@]1(NC(=O)[C@@H]1C[C@@H](Oc2cc(-c3ccccc3)nc3cc(OC)ccc23)CN1C(=O)[C@@H](NC(=O)OC(C)(C)C)C(C)(C)C)C(=O)NS(=O)(=O)C1(CC(C)C)CC1. The van der Waals surface area contributed by atoms with Crippen molar-refractivity contribution in [3.8, 4) is 22.8 Å². The molecule has 2 heterocycles. The summed E-state index contributed by atoms with van der Waals surface area (Å²) >= 11 is 0. The van der Waals surface area contributed by atoms with E-state index >= 15 is 0 Å². The average Bonchev–Trinajstić information content (AvgIpc) is 4.06. The molecule has 5 atom stereocenters. The Hall–Kier alpha value is -5.18. The van der Waals surface area contributed by atoms with E-state index in [2.05, 4.69) is 21.9 Å². The number of fused-ring (bicyclic) bond motifs is 1. The number of likely N-dealkylation sites (tertiary alicyclic amines) is 1. The summed E-state index contributed by atoms with van der Waals surface area (Å²) in [6.45, 7) is 18.2. The van der Waals surface area contributed by atoms with Crippen LogP contribution < -0.4 is 24.8 Å². The number of carbonyl (C=O) groups excluding carboxylic acids is 4. The molecule has 3 N–H and O–H groups in total. The number of pyridine rings is 1. The Labute approximate surface area is 353 Å². The quantitative estimate of drug-likeness (QED) is 0.156. The number of nitrogens with one attached hydrogen (secondary N) is 3. The molecule has 2 aliphatic carbocycles. The molecule has 3 fully saturated rings. The molecule has 15 heteroatoms. The number of hydrogen-bond acceptors (Lipinski definition) is 10. The lowest BCUT2D eigenvalue weighted by Gasteiger charge is -2.36. The first kappa shape index (κ1) is 44.4. The van der Waals surface area contributed by atoms with Crippen LogP contribution in [-0.2, 0) is 29.1 Å². The van der Waals surface area contributed by atoms with Crippen LogP contribution in [-0.4, -0.2) is 89.8 Å². The molecule has 0 spiro atoms. The number of hydrogen-bond donors (Lipinski definition) is 3. The third-order valence-corrected chi connectivity index (χ3v) is 13.6. The van der Waals surface area contributed by atoms with Gasteiger partial charge in [0.15, 0.2) is 0 Å². The number of sulfonamides is 1. The molecule has 1 aromatic heterocycles. The molecule has 324 valence electrons. The van der Waals surface area contributed by atoms with Crippen LogP contribution in [0.5, 0.6) is 11.5 Å². The molecule has 0 bridgehead atoms. The van der Waals surface area contributed by atoms with E-state index in [4.69, 9.17) is 19.2 Å². The van der Waals surface area contributed by atoms with Crippen molar-refractivity contribution in [1.82, 2.24) is 25.2 Å². The summed E-state index contributed by atoms with van der Waals surface area (Å²) in [6.07, 6.45) is 1.40. The van der Waals surface area contributed by atoms with E-state index < -0.39 is 79.2 Å². The van der Waals surface area contributed by atoms with Gasteiger partial charge in [0.25, 0.3) is 5.91 Å². The topological polar surface area (TPSA) is 182 Å². The lowest BCUT2D eigenvalue weighted by atomic mass is 9.85. The Morgan fingerprint density at radius 2 is 1.70 bits per heavy atom. The summed E-state index contributed by atoms with van der Waals surface area (Å²) in [5.41, 5.74) is -1.20. The number of aromatic nitrogens is 1. The lowest BCUT2D eigenvalue weighted by Crippen LogP contribution is -2.60. The largest absolute Gasteiger partial charge is 0.497 e. The van der Waals surface area contributed by atoms with Gasteiger partial charge in [0, 0.05) is 35.4 Å². The Morgan fingerprint density at radius 1 is 1.02 bits per heavy atom. The van der Waals surface area contributed by atoms with Crippen molar-refractivity contribution in [2.24, 2.45) is 17.3 Å². The molecule has 2 saturated carbocycles. The van der Waals surface area contributed by atoms with Crippen LogP contribution in [0.25, 0.3) is 22.2 Å². The van der Waals surface area contributed by atoms with Crippen molar-refractivity contribution < 1.29 is 41.8 Å². The number of benzene rings is 2. The second-order valence-electron chi connectivity index (χ2n) is 18.9. The lowest BCUT2D eigenvalue weighted by molar-refractivity contribution is -0.143. The molecule has 3 aliphatic rings. The molecule has 2 aromatic carbocycles. The van der Waals surface area contributed by atoms with Crippen LogP contribution in [0.4, 0.5) is 4.79 Å². The monoisotopic (exact) mass is 845 g/mol.